The number of allylic oxidation sites excluding steroid dienone is 6. The summed E-state index contributed by atoms with van der Waals surface area (Å²) in [5.41, 5.74) is 0. The molecular formula is C56H100O11. The number of aliphatic hydroxyl groups is 3. The van der Waals surface area contributed by atoms with Gasteiger partial charge in [0.1, 0.15) is 24.9 Å². The standard InChI is InChI=1S/C56H100O11/c1-3-5-7-9-11-13-15-17-19-21-22-23-24-25-26-27-29-31-33-35-37-39-41-43-45-50(58)66-48(47-65-56-53(61)51(59)52(60)54(67-56)55(62)63)46-64-49(57)44-42-40-38-36-34-32-30-28-20-18-16-14-12-10-8-6-4-2/h6,8,12,14,18,20,48,51-54,56,59-61H,3-5,7,9-11,13,15-17,19,21-47H2,1-2H3,(H,62,63)/b8-6-,14-12-,20-18-. The van der Waals surface area contributed by atoms with E-state index in [2.05, 4.69) is 50.3 Å². The molecule has 390 valence electrons. The molecule has 0 bridgehead atoms. The van der Waals surface area contributed by atoms with Gasteiger partial charge in [0.15, 0.2) is 18.5 Å². The third-order valence-corrected chi connectivity index (χ3v) is 12.8. The number of aliphatic carboxylic acids is 1. The zero-order valence-electron chi connectivity index (χ0n) is 42.7. The summed E-state index contributed by atoms with van der Waals surface area (Å²) >= 11 is 0. The Kier molecular flexibility index (Phi) is 42.7. The molecule has 0 saturated carbocycles. The maximum absolute atomic E-state index is 12.9. The lowest BCUT2D eigenvalue weighted by Crippen LogP contribution is -2.60. The van der Waals surface area contributed by atoms with Crippen LogP contribution in [0.3, 0.4) is 0 Å². The molecule has 6 atom stereocenters. The number of hydrogen-bond donors (Lipinski definition) is 4. The Labute approximate surface area is 408 Å². The topological polar surface area (TPSA) is 169 Å². The molecule has 11 heteroatoms. The van der Waals surface area contributed by atoms with Gasteiger partial charge < -0.3 is 39.4 Å². The fourth-order valence-corrected chi connectivity index (χ4v) is 8.48. The summed E-state index contributed by atoms with van der Waals surface area (Å²) in [6, 6.07) is 0. The highest BCUT2D eigenvalue weighted by atomic mass is 16.7. The maximum Gasteiger partial charge on any atom is 0.335 e. The second kappa shape index (κ2) is 45.8. The van der Waals surface area contributed by atoms with Crippen LogP contribution in [-0.4, -0.2) is 88.4 Å². The summed E-state index contributed by atoms with van der Waals surface area (Å²) in [6.45, 7) is 3.74. The van der Waals surface area contributed by atoms with Gasteiger partial charge in [-0.1, -0.05) is 230 Å². The smallest absolute Gasteiger partial charge is 0.335 e. The fraction of sp³-hybridized carbons (Fsp3) is 0.839. The van der Waals surface area contributed by atoms with Crippen molar-refractivity contribution in [2.45, 2.75) is 288 Å². The van der Waals surface area contributed by atoms with E-state index >= 15 is 0 Å². The molecule has 1 aliphatic rings. The first kappa shape index (κ1) is 62.4. The van der Waals surface area contributed by atoms with Crippen LogP contribution in [0.15, 0.2) is 36.5 Å². The Morgan fingerprint density at radius 3 is 1.33 bits per heavy atom. The van der Waals surface area contributed by atoms with Crippen molar-refractivity contribution in [2.75, 3.05) is 13.2 Å². The van der Waals surface area contributed by atoms with Gasteiger partial charge in [0, 0.05) is 12.8 Å². The molecule has 0 aliphatic carbocycles. The molecule has 11 nitrogen and oxygen atoms in total. The zero-order chi connectivity index (χ0) is 48.8. The highest BCUT2D eigenvalue weighted by Crippen LogP contribution is 2.23. The highest BCUT2D eigenvalue weighted by molar-refractivity contribution is 5.73. The predicted molar refractivity (Wildman–Crippen MR) is 271 cm³/mol. The van der Waals surface area contributed by atoms with Gasteiger partial charge >= 0.3 is 17.9 Å². The van der Waals surface area contributed by atoms with E-state index < -0.39 is 54.7 Å². The largest absolute Gasteiger partial charge is 0.479 e. The Hall–Kier alpha value is -2.57. The van der Waals surface area contributed by atoms with Crippen LogP contribution in [0.2, 0.25) is 0 Å². The number of carbonyl (C=O) groups excluding carboxylic acids is 2. The third-order valence-electron chi connectivity index (χ3n) is 12.8. The number of carboxylic acids is 1. The number of carbonyl (C=O) groups is 3. The van der Waals surface area contributed by atoms with Gasteiger partial charge in [-0.15, -0.1) is 0 Å². The van der Waals surface area contributed by atoms with Crippen LogP contribution in [0.1, 0.15) is 251 Å². The number of carboxylic acid groups (broad SMARTS) is 1. The average Bonchev–Trinajstić information content (AvgIpc) is 3.31. The summed E-state index contributed by atoms with van der Waals surface area (Å²) in [4.78, 5) is 37.0. The predicted octanol–water partition coefficient (Wildman–Crippen LogP) is 13.5. The zero-order valence-corrected chi connectivity index (χ0v) is 42.7. The van der Waals surface area contributed by atoms with E-state index in [9.17, 15) is 34.8 Å². The Balaban J connectivity index is 2.24. The molecule has 0 amide bonds. The van der Waals surface area contributed by atoms with Crippen molar-refractivity contribution >= 4 is 17.9 Å². The molecule has 0 radical (unpaired) electrons. The summed E-state index contributed by atoms with van der Waals surface area (Å²) in [7, 11) is 0. The van der Waals surface area contributed by atoms with Crippen molar-refractivity contribution in [1.29, 1.82) is 0 Å². The first-order valence-electron chi connectivity index (χ1n) is 27.5. The average molecular weight is 949 g/mol. The van der Waals surface area contributed by atoms with Gasteiger partial charge in [0.2, 0.25) is 0 Å². The molecule has 1 rings (SSSR count). The van der Waals surface area contributed by atoms with Gasteiger partial charge in [-0.2, -0.15) is 0 Å². The first-order valence-corrected chi connectivity index (χ1v) is 27.5. The second-order valence-electron chi connectivity index (χ2n) is 19.1. The highest BCUT2D eigenvalue weighted by Gasteiger charge is 2.47. The molecule has 0 spiro atoms. The van der Waals surface area contributed by atoms with E-state index in [0.717, 1.165) is 70.6 Å². The van der Waals surface area contributed by atoms with Crippen LogP contribution in [-0.2, 0) is 33.3 Å². The molecule has 0 aromatic heterocycles. The lowest BCUT2D eigenvalue weighted by molar-refractivity contribution is -0.298. The van der Waals surface area contributed by atoms with E-state index in [-0.39, 0.29) is 26.1 Å². The van der Waals surface area contributed by atoms with Gasteiger partial charge in [0.05, 0.1) is 6.61 Å². The summed E-state index contributed by atoms with van der Waals surface area (Å²) in [5, 5.41) is 40.0. The van der Waals surface area contributed by atoms with E-state index in [0.29, 0.717) is 12.8 Å². The van der Waals surface area contributed by atoms with Crippen molar-refractivity contribution in [3.05, 3.63) is 36.5 Å². The third kappa shape index (κ3) is 37.0. The number of ether oxygens (including phenoxy) is 4. The van der Waals surface area contributed by atoms with Crippen LogP contribution in [0.25, 0.3) is 0 Å². The molecule has 6 unspecified atom stereocenters. The van der Waals surface area contributed by atoms with Gasteiger partial charge in [0.25, 0.3) is 0 Å². The van der Waals surface area contributed by atoms with Crippen molar-refractivity contribution in [3.63, 3.8) is 0 Å². The summed E-state index contributed by atoms with van der Waals surface area (Å²) in [5.74, 6) is -2.44. The van der Waals surface area contributed by atoms with Gasteiger partial charge in [-0.3, -0.25) is 9.59 Å². The molecule has 1 heterocycles. The number of esters is 2. The van der Waals surface area contributed by atoms with Crippen molar-refractivity contribution in [2.24, 2.45) is 0 Å². The quantitative estimate of drug-likeness (QED) is 0.0260. The van der Waals surface area contributed by atoms with Crippen molar-refractivity contribution in [3.8, 4) is 0 Å². The molecule has 0 aromatic rings. The van der Waals surface area contributed by atoms with Crippen molar-refractivity contribution in [1.82, 2.24) is 0 Å². The molecule has 67 heavy (non-hydrogen) atoms. The second-order valence-corrected chi connectivity index (χ2v) is 19.1. The van der Waals surface area contributed by atoms with Crippen LogP contribution >= 0.6 is 0 Å². The lowest BCUT2D eigenvalue weighted by atomic mass is 9.99. The van der Waals surface area contributed by atoms with Crippen LogP contribution in [0, 0.1) is 0 Å². The van der Waals surface area contributed by atoms with Crippen LogP contribution in [0.5, 0.6) is 0 Å². The van der Waals surface area contributed by atoms with Crippen LogP contribution in [0.4, 0.5) is 0 Å². The minimum Gasteiger partial charge on any atom is -0.479 e. The number of rotatable bonds is 47. The SMILES string of the molecule is CC/C=C\C/C=C\C/C=C\CCCCCCCCCC(=O)OCC(COC1OC(C(=O)O)C(O)C(O)C1O)OC(=O)CCCCCCCCCCCCCCCCCCCCCCCCCC. The maximum atomic E-state index is 12.9. The monoisotopic (exact) mass is 949 g/mol. The van der Waals surface area contributed by atoms with E-state index in [1.54, 1.807) is 0 Å². The number of aliphatic hydroxyl groups excluding tert-OH is 3. The molecular weight excluding hydrogens is 849 g/mol. The Morgan fingerprint density at radius 1 is 0.478 bits per heavy atom. The van der Waals surface area contributed by atoms with Crippen LogP contribution < -0.4 is 0 Å². The van der Waals surface area contributed by atoms with Gasteiger partial charge in [-0.25, -0.2) is 4.79 Å². The minimum atomic E-state index is -1.86. The van der Waals surface area contributed by atoms with E-state index in [1.807, 2.05) is 0 Å². The molecule has 4 N–H and O–H groups in total. The summed E-state index contributed by atoms with van der Waals surface area (Å²) in [6.07, 6.45) is 46.3. The molecule has 1 saturated heterocycles. The Bertz CT molecular complexity index is 1250. The minimum absolute atomic E-state index is 0.184. The molecule has 0 aromatic carbocycles. The molecule has 1 fully saturated rings. The Morgan fingerprint density at radius 2 is 0.881 bits per heavy atom. The first-order chi connectivity index (χ1) is 32.7. The fourth-order valence-electron chi connectivity index (χ4n) is 8.48. The van der Waals surface area contributed by atoms with Crippen molar-refractivity contribution < 1.29 is 53.8 Å². The van der Waals surface area contributed by atoms with E-state index in [1.165, 1.54) is 141 Å². The lowest BCUT2D eigenvalue weighted by Gasteiger charge is -2.38. The van der Waals surface area contributed by atoms with E-state index in [4.69, 9.17) is 18.9 Å². The van der Waals surface area contributed by atoms with Gasteiger partial charge in [-0.05, 0) is 44.9 Å². The normalized spacial score (nSPS) is 19.2. The summed E-state index contributed by atoms with van der Waals surface area (Å²) < 4.78 is 21.9. The molecule has 1 aliphatic heterocycles. The number of unbranched alkanes of at least 4 members (excludes halogenated alkanes) is 30. The number of hydrogen-bond acceptors (Lipinski definition) is 10.